The molecule has 138 valence electrons. The van der Waals surface area contributed by atoms with Gasteiger partial charge in [0, 0.05) is 0 Å². The summed E-state index contributed by atoms with van der Waals surface area (Å²) in [6, 6.07) is 4.55. The van der Waals surface area contributed by atoms with E-state index in [1.807, 2.05) is 12.2 Å². The highest BCUT2D eigenvalue weighted by atomic mass is 32.2. The predicted octanol–water partition coefficient (Wildman–Crippen LogP) is 0.396. The maximum atomic E-state index is 12.1. The van der Waals surface area contributed by atoms with E-state index in [-0.39, 0.29) is 4.90 Å². The number of hydrogen-bond donors (Lipinski definition) is 2. The molecule has 2 amide bonds. The lowest BCUT2D eigenvalue weighted by Crippen LogP contribution is -2.41. The van der Waals surface area contributed by atoms with Gasteiger partial charge in [-0.2, -0.15) is 4.72 Å². The normalized spacial score (nSPS) is 12.2. The zero-order chi connectivity index (χ0) is 19.2. The fraction of sp³-hybridized carbons (Fsp3) is 0.400. The number of esters is 1. The van der Waals surface area contributed by atoms with Gasteiger partial charge in [-0.1, -0.05) is 6.07 Å². The van der Waals surface area contributed by atoms with Crippen molar-refractivity contribution < 1.29 is 32.3 Å². The number of aryl methyl sites for hydroxylation is 2. The van der Waals surface area contributed by atoms with Gasteiger partial charge in [0.05, 0.1) is 12.0 Å². The Bertz CT molecular complexity index is 774. The zero-order valence-electron chi connectivity index (χ0n) is 14.3. The van der Waals surface area contributed by atoms with Crippen molar-refractivity contribution in [3.63, 3.8) is 0 Å². The third-order valence-corrected chi connectivity index (χ3v) is 4.68. The molecule has 0 saturated heterocycles. The summed E-state index contributed by atoms with van der Waals surface area (Å²) in [5.41, 5.74) is 1.72. The molecule has 0 radical (unpaired) electrons. The van der Waals surface area contributed by atoms with E-state index in [1.54, 1.807) is 13.0 Å². The molecule has 0 bridgehead atoms. The number of benzene rings is 1. The first-order valence-electron chi connectivity index (χ1n) is 7.22. The molecule has 25 heavy (non-hydrogen) atoms. The maximum absolute atomic E-state index is 12.1. The highest BCUT2D eigenvalue weighted by Gasteiger charge is 2.22. The second-order valence-corrected chi connectivity index (χ2v) is 6.95. The van der Waals surface area contributed by atoms with E-state index in [2.05, 4.69) is 9.46 Å². The van der Waals surface area contributed by atoms with Crippen molar-refractivity contribution in [2.24, 2.45) is 0 Å². The first-order valence-corrected chi connectivity index (χ1v) is 8.70. The molecule has 1 rings (SSSR count). The van der Waals surface area contributed by atoms with Crippen LogP contribution in [0.2, 0.25) is 0 Å². The summed E-state index contributed by atoms with van der Waals surface area (Å²) in [6.45, 7) is 4.18. The maximum Gasteiger partial charge on any atom is 0.413 e. The third kappa shape index (κ3) is 6.16. The Labute approximate surface area is 145 Å². The van der Waals surface area contributed by atoms with Crippen LogP contribution in [-0.4, -0.2) is 46.1 Å². The van der Waals surface area contributed by atoms with E-state index >= 15 is 0 Å². The number of ether oxygens (including phenoxy) is 2. The van der Waals surface area contributed by atoms with Crippen LogP contribution in [0.15, 0.2) is 23.1 Å². The Morgan fingerprint density at radius 3 is 2.36 bits per heavy atom. The summed E-state index contributed by atoms with van der Waals surface area (Å²) in [7, 11) is -2.83. The van der Waals surface area contributed by atoms with Crippen molar-refractivity contribution in [1.82, 2.24) is 10.0 Å². The average Bonchev–Trinajstić information content (AvgIpc) is 2.55. The minimum atomic E-state index is -3.90. The highest BCUT2D eigenvalue weighted by molar-refractivity contribution is 7.89. The molecule has 0 saturated carbocycles. The molecule has 0 aliphatic carbocycles. The second-order valence-electron chi connectivity index (χ2n) is 5.18. The lowest BCUT2D eigenvalue weighted by Gasteiger charge is -2.13. The molecule has 10 heteroatoms. The number of imide groups is 1. The van der Waals surface area contributed by atoms with Gasteiger partial charge < -0.3 is 9.47 Å². The first-order chi connectivity index (χ1) is 11.6. The van der Waals surface area contributed by atoms with Gasteiger partial charge in [0.25, 0.3) is 5.91 Å². The van der Waals surface area contributed by atoms with E-state index in [0.717, 1.165) is 18.2 Å². The molecular weight excluding hydrogens is 352 g/mol. The van der Waals surface area contributed by atoms with Crippen LogP contribution in [0.3, 0.4) is 0 Å². The largest absolute Gasteiger partial charge is 0.453 e. The summed E-state index contributed by atoms with van der Waals surface area (Å²) in [5.74, 6) is -1.86. The van der Waals surface area contributed by atoms with E-state index in [9.17, 15) is 22.8 Å². The van der Waals surface area contributed by atoms with Crippen LogP contribution in [0.5, 0.6) is 0 Å². The van der Waals surface area contributed by atoms with E-state index in [1.165, 1.54) is 19.1 Å². The van der Waals surface area contributed by atoms with Gasteiger partial charge in [-0.05, 0) is 44.0 Å². The van der Waals surface area contributed by atoms with Gasteiger partial charge in [-0.3, -0.25) is 14.9 Å². The quantitative estimate of drug-likeness (QED) is 0.692. The number of rotatable bonds is 6. The summed E-state index contributed by atoms with van der Waals surface area (Å²) >= 11 is 0. The second kappa shape index (κ2) is 8.58. The Morgan fingerprint density at radius 1 is 1.16 bits per heavy atom. The molecule has 1 aromatic carbocycles. The summed E-state index contributed by atoms with van der Waals surface area (Å²) < 4.78 is 35.4. The van der Waals surface area contributed by atoms with Gasteiger partial charge in [-0.15, -0.1) is 0 Å². The van der Waals surface area contributed by atoms with Crippen molar-refractivity contribution >= 4 is 28.0 Å². The molecule has 0 heterocycles. The Morgan fingerprint density at radius 2 is 1.80 bits per heavy atom. The third-order valence-electron chi connectivity index (χ3n) is 3.28. The monoisotopic (exact) mass is 372 g/mol. The Balaban J connectivity index is 2.61. The minimum Gasteiger partial charge on any atom is -0.453 e. The highest BCUT2D eigenvalue weighted by Crippen LogP contribution is 2.14. The zero-order valence-corrected chi connectivity index (χ0v) is 15.1. The van der Waals surface area contributed by atoms with Crippen LogP contribution in [0.1, 0.15) is 18.1 Å². The number of alkyl carbamates (subject to hydrolysis) is 1. The number of carbonyl (C=O) groups excluding carboxylic acids is 3. The van der Waals surface area contributed by atoms with Gasteiger partial charge >= 0.3 is 12.1 Å². The summed E-state index contributed by atoms with van der Waals surface area (Å²) in [6.07, 6.45) is -2.29. The molecule has 0 unspecified atom stereocenters. The number of methoxy groups -OCH3 is 1. The van der Waals surface area contributed by atoms with Gasteiger partial charge in [0.1, 0.15) is 6.54 Å². The Kier molecular flexibility index (Phi) is 7.07. The average molecular weight is 372 g/mol. The van der Waals surface area contributed by atoms with Gasteiger partial charge in [0.15, 0.2) is 6.10 Å². The number of carbonyl (C=O) groups is 3. The molecule has 0 aliphatic rings. The molecule has 1 atom stereocenters. The number of amides is 2. The van der Waals surface area contributed by atoms with Crippen LogP contribution in [-0.2, 0) is 29.1 Å². The number of nitrogens with one attached hydrogen (secondary N) is 2. The predicted molar refractivity (Wildman–Crippen MR) is 87.2 cm³/mol. The van der Waals surface area contributed by atoms with Gasteiger partial charge in [-0.25, -0.2) is 13.2 Å². The van der Waals surface area contributed by atoms with Crippen LogP contribution in [0, 0.1) is 13.8 Å². The van der Waals surface area contributed by atoms with Crippen LogP contribution in [0.25, 0.3) is 0 Å². The standard InChI is InChI=1S/C15H20N2O7S/c1-9-5-6-12(7-10(9)2)25(21,22)16-8-13(18)24-11(3)14(19)17-15(20)23-4/h5-7,11,16H,8H2,1-4H3,(H,17,19,20)/t11-/m0/s1. The number of hydrogen-bond acceptors (Lipinski definition) is 7. The molecule has 1 aromatic rings. The number of sulfonamides is 1. The van der Waals surface area contributed by atoms with Crippen LogP contribution in [0.4, 0.5) is 4.79 Å². The minimum absolute atomic E-state index is 0.0138. The fourth-order valence-corrected chi connectivity index (χ4v) is 2.72. The molecule has 9 nitrogen and oxygen atoms in total. The van der Waals surface area contributed by atoms with Crippen molar-refractivity contribution in [2.75, 3.05) is 13.7 Å². The van der Waals surface area contributed by atoms with Crippen molar-refractivity contribution in [2.45, 2.75) is 31.8 Å². The fourth-order valence-electron chi connectivity index (χ4n) is 1.66. The molecule has 2 N–H and O–H groups in total. The van der Waals surface area contributed by atoms with Gasteiger partial charge in [0.2, 0.25) is 10.0 Å². The Hall–Kier alpha value is -2.46. The molecular formula is C15H20N2O7S. The first kappa shape index (κ1) is 20.6. The van der Waals surface area contributed by atoms with E-state index in [4.69, 9.17) is 4.74 Å². The molecule has 0 aliphatic heterocycles. The topological polar surface area (TPSA) is 128 Å². The summed E-state index contributed by atoms with van der Waals surface area (Å²) in [4.78, 5) is 34.1. The van der Waals surface area contributed by atoms with E-state index in [0.29, 0.717) is 0 Å². The summed E-state index contributed by atoms with van der Waals surface area (Å²) in [5, 5.41) is 1.83. The van der Waals surface area contributed by atoms with Crippen LogP contribution >= 0.6 is 0 Å². The lowest BCUT2D eigenvalue weighted by molar-refractivity contribution is -0.153. The van der Waals surface area contributed by atoms with Crippen molar-refractivity contribution in [1.29, 1.82) is 0 Å². The van der Waals surface area contributed by atoms with Crippen molar-refractivity contribution in [3.05, 3.63) is 29.3 Å². The SMILES string of the molecule is COC(=O)NC(=O)[C@H](C)OC(=O)CNS(=O)(=O)c1ccc(C)c(C)c1. The van der Waals surface area contributed by atoms with E-state index < -0.39 is 40.6 Å². The smallest absolute Gasteiger partial charge is 0.413 e. The molecule has 0 spiro atoms. The lowest BCUT2D eigenvalue weighted by atomic mass is 10.1. The van der Waals surface area contributed by atoms with Crippen LogP contribution < -0.4 is 10.0 Å². The molecule has 0 aromatic heterocycles. The molecule has 0 fully saturated rings. The van der Waals surface area contributed by atoms with Crippen molar-refractivity contribution in [3.8, 4) is 0 Å².